The maximum absolute atomic E-state index is 11.3. The molecule has 0 aromatic carbocycles. The Bertz CT molecular complexity index is 177. The van der Waals surface area contributed by atoms with Crippen molar-refractivity contribution in [3.63, 3.8) is 0 Å². The van der Waals surface area contributed by atoms with E-state index in [2.05, 4.69) is 13.8 Å². The van der Waals surface area contributed by atoms with Gasteiger partial charge in [-0.1, -0.05) is 13.8 Å². The van der Waals surface area contributed by atoms with Crippen LogP contribution >= 0.6 is 0 Å². The van der Waals surface area contributed by atoms with Crippen molar-refractivity contribution < 1.29 is 9.90 Å². The Kier molecular flexibility index (Phi) is 2.73. The first-order chi connectivity index (χ1) is 5.54. The largest absolute Gasteiger partial charge is 0.384 e. The zero-order valence-electron chi connectivity index (χ0n) is 7.95. The van der Waals surface area contributed by atoms with E-state index in [0.29, 0.717) is 12.0 Å². The highest BCUT2D eigenvalue weighted by atomic mass is 16.3. The number of hydrogen-bond donors (Lipinski definition) is 1. The lowest BCUT2D eigenvalue weighted by molar-refractivity contribution is -0.148. The van der Waals surface area contributed by atoms with Crippen molar-refractivity contribution in [1.82, 2.24) is 4.90 Å². The van der Waals surface area contributed by atoms with E-state index in [1.807, 2.05) is 0 Å². The van der Waals surface area contributed by atoms with Gasteiger partial charge >= 0.3 is 0 Å². The third-order valence-corrected chi connectivity index (χ3v) is 2.48. The van der Waals surface area contributed by atoms with Crippen LogP contribution in [0.15, 0.2) is 0 Å². The molecule has 1 rings (SSSR count). The van der Waals surface area contributed by atoms with Crippen molar-refractivity contribution in [2.75, 3.05) is 6.54 Å². The second kappa shape index (κ2) is 3.44. The van der Waals surface area contributed by atoms with Gasteiger partial charge in [0.25, 0.3) is 5.91 Å². The van der Waals surface area contributed by atoms with Crippen LogP contribution in [0.1, 0.15) is 27.2 Å². The van der Waals surface area contributed by atoms with Gasteiger partial charge in [0.1, 0.15) is 6.10 Å². The predicted octanol–water partition coefficient (Wildman–Crippen LogP) is 0.624. The summed E-state index contributed by atoms with van der Waals surface area (Å²) in [5.41, 5.74) is 0. The zero-order chi connectivity index (χ0) is 9.30. The minimum Gasteiger partial charge on any atom is -0.384 e. The summed E-state index contributed by atoms with van der Waals surface area (Å²) >= 11 is 0. The Hall–Kier alpha value is -0.570. The van der Waals surface area contributed by atoms with Crippen LogP contribution in [0, 0.1) is 5.92 Å². The summed E-state index contributed by atoms with van der Waals surface area (Å²) < 4.78 is 0. The van der Waals surface area contributed by atoms with Crippen molar-refractivity contribution in [2.24, 2.45) is 5.92 Å². The molecule has 3 nitrogen and oxygen atoms in total. The van der Waals surface area contributed by atoms with Gasteiger partial charge in [0.15, 0.2) is 0 Å². The molecule has 1 unspecified atom stereocenters. The van der Waals surface area contributed by atoms with Gasteiger partial charge in [-0.25, -0.2) is 0 Å². The summed E-state index contributed by atoms with van der Waals surface area (Å²) in [5, 5.41) is 9.06. The summed E-state index contributed by atoms with van der Waals surface area (Å²) in [6, 6.07) is 0.354. The van der Waals surface area contributed by atoms with E-state index in [1.165, 1.54) is 6.92 Å². The van der Waals surface area contributed by atoms with Gasteiger partial charge in [0.2, 0.25) is 0 Å². The predicted molar refractivity (Wildman–Crippen MR) is 46.6 cm³/mol. The smallest absolute Gasteiger partial charge is 0.251 e. The quantitative estimate of drug-likeness (QED) is 0.661. The van der Waals surface area contributed by atoms with Crippen molar-refractivity contribution in [3.8, 4) is 0 Å². The molecule has 1 aliphatic rings. The second-order valence-electron chi connectivity index (χ2n) is 3.81. The second-order valence-corrected chi connectivity index (χ2v) is 3.81. The Morgan fingerprint density at radius 2 is 2.08 bits per heavy atom. The molecule has 1 aliphatic heterocycles. The molecule has 70 valence electrons. The fourth-order valence-corrected chi connectivity index (χ4v) is 1.61. The first kappa shape index (κ1) is 9.52. The Balaban J connectivity index is 2.49. The molecule has 0 aromatic rings. The fraction of sp³-hybridized carbons (Fsp3) is 0.889. The average molecular weight is 171 g/mol. The van der Waals surface area contributed by atoms with Crippen LogP contribution < -0.4 is 0 Å². The van der Waals surface area contributed by atoms with Gasteiger partial charge in [-0.2, -0.15) is 0 Å². The number of carbonyl (C=O) groups is 1. The van der Waals surface area contributed by atoms with Gasteiger partial charge in [-0.15, -0.1) is 0 Å². The number of nitrogens with zero attached hydrogens (tertiary/aromatic N) is 1. The maximum atomic E-state index is 11.3. The molecule has 0 aliphatic carbocycles. The number of likely N-dealkylation sites (tertiary alicyclic amines) is 1. The van der Waals surface area contributed by atoms with Crippen molar-refractivity contribution in [2.45, 2.75) is 39.3 Å². The van der Waals surface area contributed by atoms with Crippen LogP contribution in [0.5, 0.6) is 0 Å². The van der Waals surface area contributed by atoms with Crippen molar-refractivity contribution >= 4 is 5.91 Å². The third kappa shape index (κ3) is 1.61. The Morgan fingerprint density at radius 1 is 1.50 bits per heavy atom. The minimum atomic E-state index is -0.841. The zero-order valence-corrected chi connectivity index (χ0v) is 7.95. The minimum absolute atomic E-state index is 0.125. The van der Waals surface area contributed by atoms with E-state index in [4.69, 9.17) is 5.11 Å². The molecule has 3 heteroatoms. The molecular weight excluding hydrogens is 154 g/mol. The first-order valence-corrected chi connectivity index (χ1v) is 4.52. The normalized spacial score (nSPS) is 25.4. The lowest BCUT2D eigenvalue weighted by Gasteiger charge is -2.44. The molecule has 1 fully saturated rings. The van der Waals surface area contributed by atoms with Crippen LogP contribution in [0.2, 0.25) is 0 Å². The van der Waals surface area contributed by atoms with E-state index < -0.39 is 6.10 Å². The Labute approximate surface area is 73.4 Å². The van der Waals surface area contributed by atoms with Crippen LogP contribution in [-0.2, 0) is 4.79 Å². The summed E-state index contributed by atoms with van der Waals surface area (Å²) in [7, 11) is 0. The monoisotopic (exact) mass is 171 g/mol. The fourth-order valence-electron chi connectivity index (χ4n) is 1.61. The van der Waals surface area contributed by atoms with E-state index in [-0.39, 0.29) is 5.91 Å². The van der Waals surface area contributed by atoms with Gasteiger partial charge in [0, 0.05) is 12.6 Å². The molecular formula is C9H17NO2. The number of rotatable bonds is 2. The molecule has 0 bridgehead atoms. The Morgan fingerprint density at radius 3 is 2.33 bits per heavy atom. The first-order valence-electron chi connectivity index (χ1n) is 4.52. The molecule has 2 atom stereocenters. The molecule has 0 saturated carbocycles. The SMILES string of the molecule is CC(C)C1CCN1C(=O)[C@H](C)O. The van der Waals surface area contributed by atoms with Gasteiger partial charge in [-0.3, -0.25) is 4.79 Å². The van der Waals surface area contributed by atoms with Gasteiger partial charge < -0.3 is 10.0 Å². The van der Waals surface area contributed by atoms with Gasteiger partial charge in [-0.05, 0) is 19.3 Å². The molecule has 0 spiro atoms. The standard InChI is InChI=1S/C9H17NO2/c1-6(2)8-4-5-10(8)9(12)7(3)11/h6-8,11H,4-5H2,1-3H3/t7-,8?/m0/s1. The summed E-state index contributed by atoms with van der Waals surface area (Å²) in [6.07, 6.45) is 0.238. The van der Waals surface area contributed by atoms with Crippen LogP contribution in [0.3, 0.4) is 0 Å². The highest BCUT2D eigenvalue weighted by molar-refractivity contribution is 5.81. The van der Waals surface area contributed by atoms with Crippen molar-refractivity contribution in [1.29, 1.82) is 0 Å². The van der Waals surface area contributed by atoms with Crippen LogP contribution in [-0.4, -0.2) is 34.6 Å². The molecule has 1 amide bonds. The maximum Gasteiger partial charge on any atom is 0.251 e. The number of aliphatic hydroxyl groups excluding tert-OH is 1. The molecule has 1 heterocycles. The summed E-state index contributed by atoms with van der Waals surface area (Å²) in [6.45, 7) is 6.54. The van der Waals surface area contributed by atoms with Crippen LogP contribution in [0.25, 0.3) is 0 Å². The lowest BCUT2D eigenvalue weighted by Crippen LogP contribution is -2.56. The highest BCUT2D eigenvalue weighted by Crippen LogP contribution is 2.24. The third-order valence-electron chi connectivity index (χ3n) is 2.48. The van der Waals surface area contributed by atoms with E-state index in [9.17, 15) is 4.79 Å². The molecule has 0 aromatic heterocycles. The molecule has 0 radical (unpaired) electrons. The van der Waals surface area contributed by atoms with E-state index >= 15 is 0 Å². The number of amides is 1. The summed E-state index contributed by atoms with van der Waals surface area (Å²) in [4.78, 5) is 13.1. The highest BCUT2D eigenvalue weighted by Gasteiger charge is 2.35. The van der Waals surface area contributed by atoms with Crippen molar-refractivity contribution in [3.05, 3.63) is 0 Å². The molecule has 12 heavy (non-hydrogen) atoms. The lowest BCUT2D eigenvalue weighted by atomic mass is 9.91. The van der Waals surface area contributed by atoms with E-state index in [0.717, 1.165) is 13.0 Å². The average Bonchev–Trinajstić information content (AvgIpc) is 1.82. The summed E-state index contributed by atoms with van der Waals surface area (Å²) in [5.74, 6) is 0.376. The number of carbonyl (C=O) groups excluding carboxylic acids is 1. The van der Waals surface area contributed by atoms with E-state index in [1.54, 1.807) is 4.90 Å². The molecule has 1 saturated heterocycles. The molecule has 1 N–H and O–H groups in total. The van der Waals surface area contributed by atoms with Gasteiger partial charge in [0.05, 0.1) is 0 Å². The number of hydrogen-bond acceptors (Lipinski definition) is 2. The number of aliphatic hydroxyl groups is 1. The van der Waals surface area contributed by atoms with Crippen LogP contribution in [0.4, 0.5) is 0 Å². The topological polar surface area (TPSA) is 40.5 Å².